The molecule has 105 heavy (non-hydrogen) atoms. The van der Waals surface area contributed by atoms with Crippen LogP contribution in [-0.2, 0) is 75.3 Å². The summed E-state index contributed by atoms with van der Waals surface area (Å²) in [4.78, 5) is 141. The first-order valence-electron chi connectivity index (χ1n) is 34.8. The number of fused-ring (bicyclic) bond motifs is 3. The molecular weight excluding hydrogens is 1350 g/mol. The molecule has 0 bridgehead atoms. The molecule has 0 fully saturated rings. The molecule has 8 amide bonds. The van der Waals surface area contributed by atoms with E-state index in [4.69, 9.17) is 33.8 Å². The molecule has 0 spiro atoms. The average molecular weight is 1440 g/mol. The van der Waals surface area contributed by atoms with Crippen LogP contribution in [0.1, 0.15) is 86.6 Å². The fourth-order valence-corrected chi connectivity index (χ4v) is 12.3. The van der Waals surface area contributed by atoms with E-state index in [-0.39, 0.29) is 101 Å². The van der Waals surface area contributed by atoms with E-state index in [0.29, 0.717) is 58.1 Å². The van der Waals surface area contributed by atoms with Crippen molar-refractivity contribution in [3.63, 3.8) is 0 Å². The Hall–Kier alpha value is -12.0. The van der Waals surface area contributed by atoms with Gasteiger partial charge < -0.3 is 106 Å². The number of phenolic OH excluding ortho intramolecular Hbond substituents is 2. The topological polar surface area (TPSA) is 534 Å². The van der Waals surface area contributed by atoms with Crippen molar-refractivity contribution in [1.82, 2.24) is 68.1 Å². The second-order valence-corrected chi connectivity index (χ2v) is 26.3. The summed E-state index contributed by atoms with van der Waals surface area (Å²) in [5, 5.41) is 76.0. The van der Waals surface area contributed by atoms with E-state index in [0.717, 1.165) is 21.8 Å². The zero-order valence-corrected chi connectivity index (χ0v) is 58.5. The Morgan fingerprint density at radius 3 is 1.12 bits per heavy atom. The average Bonchev–Trinajstić information content (AvgIpc) is 1.75. The highest BCUT2D eigenvalue weighted by Crippen LogP contribution is 2.24. The fraction of sp³-hybridized carbons (Fsp3) is 0.365. The van der Waals surface area contributed by atoms with Crippen LogP contribution in [0.15, 0.2) is 140 Å². The molecule has 0 radical (unpaired) electrons. The summed E-state index contributed by atoms with van der Waals surface area (Å²) in [6.07, 6.45) is 5.63. The Morgan fingerprint density at radius 1 is 0.410 bits per heavy atom. The predicted octanol–water partition coefficient (Wildman–Crippen LogP) is 1.66. The Kier molecular flexibility index (Phi) is 28.7. The Morgan fingerprint density at radius 2 is 0.743 bits per heavy atom. The van der Waals surface area contributed by atoms with Crippen molar-refractivity contribution < 1.29 is 58.5 Å². The number of carbonyl (C=O) groups is 9. The van der Waals surface area contributed by atoms with Gasteiger partial charge in [-0.1, -0.05) is 99.1 Å². The van der Waals surface area contributed by atoms with Gasteiger partial charge >= 0.3 is 5.97 Å². The number of aromatic nitrogens is 3. The normalized spacial score (nSPS) is 13.9. The molecule has 31 heteroatoms. The van der Waals surface area contributed by atoms with Crippen molar-refractivity contribution >= 4 is 97.9 Å². The molecule has 0 unspecified atom stereocenters. The van der Waals surface area contributed by atoms with E-state index in [2.05, 4.69) is 68.1 Å². The summed E-state index contributed by atoms with van der Waals surface area (Å²) < 4.78 is 0. The number of para-hydroxylation sites is 3. The number of guanidine groups is 2. The van der Waals surface area contributed by atoms with Gasteiger partial charge in [0.15, 0.2) is 11.9 Å². The van der Waals surface area contributed by atoms with E-state index >= 15 is 19.2 Å². The summed E-state index contributed by atoms with van der Waals surface area (Å²) in [6, 6.07) is 20.5. The largest absolute Gasteiger partial charge is 0.508 e. The van der Waals surface area contributed by atoms with Crippen LogP contribution >= 0.6 is 0 Å². The molecule has 8 rings (SSSR count). The molecule has 31 nitrogen and oxygen atoms in total. The number of rotatable bonds is 40. The summed E-state index contributed by atoms with van der Waals surface area (Å²) in [7, 11) is 0. The van der Waals surface area contributed by atoms with Gasteiger partial charge in [-0.2, -0.15) is 0 Å². The van der Waals surface area contributed by atoms with Gasteiger partial charge in [-0.3, -0.25) is 49.2 Å². The highest BCUT2D eigenvalue weighted by molar-refractivity contribution is 5.99. The first-order valence-corrected chi connectivity index (χ1v) is 34.8. The molecule has 9 atom stereocenters. The van der Waals surface area contributed by atoms with Gasteiger partial charge in [0.25, 0.3) is 0 Å². The van der Waals surface area contributed by atoms with Crippen LogP contribution in [-0.4, -0.2) is 169 Å². The number of unbranched alkanes of at least 4 members (excludes halogenated alkanes) is 1. The highest BCUT2D eigenvalue weighted by atomic mass is 16.4. The molecule has 5 aromatic carbocycles. The maximum atomic E-state index is 15.4. The SMILES string of the molecule is CC(C)[C@H](NC(=O)[C@H](Cc1c[nH]c2ccccc12)NC(=O)[C@H](CCCNC(=N)N)NC(=O)[C@@H](N)CCCCN)C(=O)N[C@@H](Cc1c[nH]c2ccccc12)C(=O)N[C@@H](Cc1ccc(O)cc1)C(=O)N[C@@H](CCCNC(=N)N)C(=O)N[C@@H](Cc1ccc(O)cc1)C(=O)N[C@@H](Cc1c[nH]c2ccccc12)C(=O)O. The third-order valence-electron chi connectivity index (χ3n) is 18.0. The second-order valence-electron chi connectivity index (χ2n) is 26.3. The Bertz CT molecular complexity index is 4330. The van der Waals surface area contributed by atoms with E-state index in [1.54, 1.807) is 68.8 Å². The van der Waals surface area contributed by atoms with Crippen molar-refractivity contribution in [2.45, 2.75) is 145 Å². The van der Waals surface area contributed by atoms with Crippen molar-refractivity contribution in [2.24, 2.45) is 28.9 Å². The van der Waals surface area contributed by atoms with Gasteiger partial charge in [-0.05, 0) is 121 Å². The van der Waals surface area contributed by atoms with Gasteiger partial charge in [-0.15, -0.1) is 0 Å². The predicted molar refractivity (Wildman–Crippen MR) is 397 cm³/mol. The number of aromatic amines is 3. The van der Waals surface area contributed by atoms with Crippen LogP contribution in [0.3, 0.4) is 0 Å². The van der Waals surface area contributed by atoms with Crippen molar-refractivity contribution in [1.29, 1.82) is 10.8 Å². The number of aliphatic carboxylic acids is 1. The van der Waals surface area contributed by atoms with Gasteiger partial charge in [0.05, 0.1) is 6.04 Å². The minimum absolute atomic E-state index is 0.0228. The molecule has 0 saturated heterocycles. The summed E-state index contributed by atoms with van der Waals surface area (Å²) in [5.41, 5.74) is 27.9. The Balaban J connectivity index is 1.08. The van der Waals surface area contributed by atoms with E-state index in [1.165, 1.54) is 48.5 Å². The number of hydrogen-bond acceptors (Lipinski definition) is 15. The van der Waals surface area contributed by atoms with Crippen LogP contribution in [0, 0.1) is 16.7 Å². The first kappa shape index (κ1) is 78.7. The van der Waals surface area contributed by atoms with Crippen molar-refractivity contribution in [3.05, 3.63) is 168 Å². The zero-order chi connectivity index (χ0) is 75.7. The van der Waals surface area contributed by atoms with Crippen molar-refractivity contribution in [2.75, 3.05) is 19.6 Å². The molecule has 8 aromatic rings. The number of hydrogen-bond donors (Lipinski definition) is 22. The molecule has 0 aliphatic heterocycles. The van der Waals surface area contributed by atoms with Gasteiger partial charge in [0.2, 0.25) is 47.3 Å². The molecule has 558 valence electrons. The lowest BCUT2D eigenvalue weighted by Crippen LogP contribution is -2.62. The number of carboxylic acid groups (broad SMARTS) is 1. The van der Waals surface area contributed by atoms with Crippen LogP contribution < -0.4 is 76.1 Å². The second kappa shape index (κ2) is 38.3. The molecular formula is C74H95N19O12. The van der Waals surface area contributed by atoms with E-state index in [1.807, 2.05) is 36.4 Å². The summed E-state index contributed by atoms with van der Waals surface area (Å²) >= 11 is 0. The molecule has 26 N–H and O–H groups in total. The lowest BCUT2D eigenvalue weighted by molar-refractivity contribution is -0.142. The van der Waals surface area contributed by atoms with E-state index in [9.17, 15) is 39.3 Å². The highest BCUT2D eigenvalue weighted by Gasteiger charge is 2.37. The monoisotopic (exact) mass is 1440 g/mol. The summed E-state index contributed by atoms with van der Waals surface area (Å²) in [6.45, 7) is 3.91. The van der Waals surface area contributed by atoms with Gasteiger partial charge in [0.1, 0.15) is 59.8 Å². The quantitative estimate of drug-likeness (QED) is 0.0147. The minimum atomic E-state index is -1.58. The molecule has 3 aromatic heterocycles. The number of H-pyrrole nitrogens is 3. The van der Waals surface area contributed by atoms with Crippen LogP contribution in [0.5, 0.6) is 11.5 Å². The fourth-order valence-electron chi connectivity index (χ4n) is 12.3. The third kappa shape index (κ3) is 23.3. The maximum absolute atomic E-state index is 15.4. The zero-order valence-electron chi connectivity index (χ0n) is 58.5. The number of benzene rings is 5. The first-order chi connectivity index (χ1) is 50.3. The van der Waals surface area contributed by atoms with E-state index < -0.39 is 114 Å². The minimum Gasteiger partial charge on any atom is -0.508 e. The molecule has 3 heterocycles. The van der Waals surface area contributed by atoms with Crippen LogP contribution in [0.25, 0.3) is 32.7 Å². The number of carboxylic acids is 1. The lowest BCUT2D eigenvalue weighted by Gasteiger charge is -2.29. The molecule has 0 aliphatic carbocycles. The molecule has 0 aliphatic rings. The smallest absolute Gasteiger partial charge is 0.326 e. The van der Waals surface area contributed by atoms with Gasteiger partial charge in [0, 0.05) is 96.5 Å². The van der Waals surface area contributed by atoms with Crippen LogP contribution in [0.2, 0.25) is 0 Å². The Labute approximate surface area is 605 Å². The number of nitrogens with two attached hydrogens (primary N) is 4. The van der Waals surface area contributed by atoms with Crippen LogP contribution in [0.4, 0.5) is 0 Å². The standard InChI is InChI=1S/C74H95N19O12/c1-41(2)63(93-70(102)61(36-45-39-84-54-18-7-4-14-50(45)54)90-65(97)56(20-11-31-81-73(77)78)86-64(96)52(76)16-9-10-30-75)71(103)91-60(35-44-38-83-53-17-6-3-13-49(44)53)69(101)89-58(33-42-22-26-47(94)27-23-42)67(99)87-57(21-12-32-82-74(79)80)66(98)88-59(34-43-24-28-48(95)29-25-43)68(100)92-62(72(104)105)37-46-40-85-55-19-8-5-15-51(46)55/h3-8,13-15,17-19,22-29,38-41,52,56-63,83-85,94-95H,9-12,16,20-21,30-37,75-76H2,1-2H3,(H,86,96)(H,87,99)(H,88,98)(H,89,101)(H,90,97)(H,91,103)(H,92,100)(H,93,102)(H,104,105)(H4,77,78,81)(H4,79,80,82)/t52-,56-,57-,58-,59-,60-,61-,62-,63-/m0/s1. The number of nitrogens with one attached hydrogen (secondary N) is 15. The number of carbonyl (C=O) groups excluding carboxylic acids is 8. The maximum Gasteiger partial charge on any atom is 0.326 e. The number of amides is 8. The summed E-state index contributed by atoms with van der Waals surface area (Å²) in [5.74, 6) is -9.68. The number of aromatic hydroxyl groups is 2. The van der Waals surface area contributed by atoms with Gasteiger partial charge in [-0.25, -0.2) is 4.79 Å². The van der Waals surface area contributed by atoms with Crippen molar-refractivity contribution in [3.8, 4) is 11.5 Å². The molecule has 0 saturated carbocycles. The third-order valence-corrected chi connectivity index (χ3v) is 18.0. The lowest BCUT2D eigenvalue weighted by atomic mass is 9.98. The number of phenols is 2.